The predicted molar refractivity (Wildman–Crippen MR) is 72.8 cm³/mol. The van der Waals surface area contributed by atoms with Gasteiger partial charge < -0.3 is 9.88 Å². The second kappa shape index (κ2) is 6.55. The van der Waals surface area contributed by atoms with Crippen LogP contribution in [0, 0.1) is 6.92 Å². The van der Waals surface area contributed by atoms with E-state index in [1.807, 2.05) is 36.0 Å². The molecule has 5 nitrogen and oxygen atoms in total. The van der Waals surface area contributed by atoms with Crippen LogP contribution in [0.3, 0.4) is 0 Å². The normalized spacial score (nSPS) is 10.5. The zero-order valence-corrected chi connectivity index (χ0v) is 11.6. The molecule has 0 aliphatic carbocycles. The van der Waals surface area contributed by atoms with Crippen molar-refractivity contribution in [3.63, 3.8) is 0 Å². The van der Waals surface area contributed by atoms with E-state index in [0.29, 0.717) is 12.3 Å². The molecular formula is C11H14N4OS2. The largest absolute Gasteiger partial charge is 0.354 e. The summed E-state index contributed by atoms with van der Waals surface area (Å²) >= 11 is 2.93. The molecule has 0 fully saturated rings. The number of nitrogens with zero attached hydrogens (tertiary/aromatic N) is 3. The van der Waals surface area contributed by atoms with Crippen molar-refractivity contribution in [3.05, 3.63) is 29.5 Å². The van der Waals surface area contributed by atoms with Gasteiger partial charge in [-0.15, -0.1) is 10.2 Å². The fraction of sp³-hybridized carbons (Fsp3) is 0.364. The van der Waals surface area contributed by atoms with Crippen molar-refractivity contribution in [1.29, 1.82) is 0 Å². The second-order valence-electron chi connectivity index (χ2n) is 3.65. The number of amides is 1. The summed E-state index contributed by atoms with van der Waals surface area (Å²) in [6.07, 6.45) is 3.95. The number of aryl methyl sites for hydroxylation is 1. The fourth-order valence-electron chi connectivity index (χ4n) is 1.36. The molecule has 7 heteroatoms. The van der Waals surface area contributed by atoms with Gasteiger partial charge in [0, 0.05) is 25.5 Å². The summed E-state index contributed by atoms with van der Waals surface area (Å²) in [6, 6.07) is 3.94. The van der Waals surface area contributed by atoms with E-state index in [1.165, 1.54) is 23.1 Å². The highest BCUT2D eigenvalue weighted by atomic mass is 32.2. The molecule has 0 unspecified atom stereocenters. The van der Waals surface area contributed by atoms with Crippen LogP contribution in [0.25, 0.3) is 0 Å². The molecule has 0 aliphatic heterocycles. The van der Waals surface area contributed by atoms with Gasteiger partial charge in [0.05, 0.1) is 5.75 Å². The number of hydrogen-bond acceptors (Lipinski definition) is 5. The molecule has 1 N–H and O–H groups in total. The Kier molecular flexibility index (Phi) is 4.77. The standard InChI is InChI=1S/C11H14N4OS2/c1-9-13-14-11(18-9)17-8-10(16)12-4-7-15-5-2-3-6-15/h2-3,5-6H,4,7-8H2,1H3,(H,12,16). The topological polar surface area (TPSA) is 59.8 Å². The molecule has 2 aromatic rings. The predicted octanol–water partition coefficient (Wildman–Crippen LogP) is 1.56. The maximum absolute atomic E-state index is 11.6. The van der Waals surface area contributed by atoms with Crippen molar-refractivity contribution in [2.75, 3.05) is 12.3 Å². The minimum atomic E-state index is 0.0278. The molecule has 0 radical (unpaired) electrons. The van der Waals surface area contributed by atoms with Crippen LogP contribution >= 0.6 is 23.1 Å². The number of hydrogen-bond donors (Lipinski definition) is 1. The molecule has 18 heavy (non-hydrogen) atoms. The van der Waals surface area contributed by atoms with Gasteiger partial charge >= 0.3 is 0 Å². The smallest absolute Gasteiger partial charge is 0.230 e. The van der Waals surface area contributed by atoms with Crippen molar-refractivity contribution in [2.45, 2.75) is 17.8 Å². The maximum atomic E-state index is 11.6. The van der Waals surface area contributed by atoms with E-state index in [0.717, 1.165) is 15.9 Å². The first-order chi connectivity index (χ1) is 8.74. The van der Waals surface area contributed by atoms with Gasteiger partial charge in [-0.05, 0) is 19.1 Å². The highest BCUT2D eigenvalue weighted by molar-refractivity contribution is 8.01. The summed E-state index contributed by atoms with van der Waals surface area (Å²) in [5.41, 5.74) is 0. The second-order valence-corrected chi connectivity index (χ2v) is 6.05. The van der Waals surface area contributed by atoms with E-state index in [9.17, 15) is 4.79 Å². The zero-order valence-electron chi connectivity index (χ0n) is 10.00. The third-order valence-electron chi connectivity index (χ3n) is 2.19. The molecule has 0 atom stereocenters. The molecule has 2 rings (SSSR count). The highest BCUT2D eigenvalue weighted by Gasteiger charge is 2.05. The lowest BCUT2D eigenvalue weighted by Gasteiger charge is -2.05. The Bertz CT molecular complexity index is 495. The summed E-state index contributed by atoms with van der Waals surface area (Å²) in [6.45, 7) is 3.34. The summed E-state index contributed by atoms with van der Waals surface area (Å²) in [5, 5.41) is 11.7. The fourth-order valence-corrected chi connectivity index (χ4v) is 3.00. The van der Waals surface area contributed by atoms with Gasteiger partial charge in [-0.3, -0.25) is 4.79 Å². The van der Waals surface area contributed by atoms with Crippen LogP contribution in [0.1, 0.15) is 5.01 Å². The molecule has 2 heterocycles. The molecule has 96 valence electrons. The maximum Gasteiger partial charge on any atom is 0.230 e. The third kappa shape index (κ3) is 4.15. The summed E-state index contributed by atoms with van der Waals surface area (Å²) in [7, 11) is 0. The first-order valence-corrected chi connectivity index (χ1v) is 7.34. The van der Waals surface area contributed by atoms with Crippen molar-refractivity contribution in [2.24, 2.45) is 0 Å². The van der Waals surface area contributed by atoms with Gasteiger partial charge in [0.25, 0.3) is 0 Å². The SMILES string of the molecule is Cc1nnc(SCC(=O)NCCn2cccc2)s1. The Morgan fingerprint density at radius 1 is 1.44 bits per heavy atom. The first kappa shape index (κ1) is 13.1. The molecule has 0 saturated carbocycles. The van der Waals surface area contributed by atoms with Gasteiger partial charge in [0.1, 0.15) is 5.01 Å². The van der Waals surface area contributed by atoms with Crippen molar-refractivity contribution >= 4 is 29.0 Å². The van der Waals surface area contributed by atoms with Crippen molar-refractivity contribution in [1.82, 2.24) is 20.1 Å². The molecule has 0 spiro atoms. The number of aromatic nitrogens is 3. The number of carbonyl (C=O) groups is 1. The summed E-state index contributed by atoms with van der Waals surface area (Å²) in [4.78, 5) is 11.6. The summed E-state index contributed by atoms with van der Waals surface area (Å²) < 4.78 is 2.87. The highest BCUT2D eigenvalue weighted by Crippen LogP contribution is 2.21. The van der Waals surface area contributed by atoms with E-state index >= 15 is 0 Å². The first-order valence-electron chi connectivity index (χ1n) is 5.54. The zero-order chi connectivity index (χ0) is 12.8. The lowest BCUT2D eigenvalue weighted by atomic mass is 10.5. The number of rotatable bonds is 6. The van der Waals surface area contributed by atoms with Crippen molar-refractivity contribution in [3.8, 4) is 0 Å². The lowest BCUT2D eigenvalue weighted by Crippen LogP contribution is -2.28. The van der Waals surface area contributed by atoms with Crippen LogP contribution in [0.5, 0.6) is 0 Å². The average molecular weight is 282 g/mol. The minimum absolute atomic E-state index is 0.0278. The van der Waals surface area contributed by atoms with Crippen molar-refractivity contribution < 1.29 is 4.79 Å². The van der Waals surface area contributed by atoms with Crippen LogP contribution in [-0.2, 0) is 11.3 Å². The van der Waals surface area contributed by atoms with E-state index in [1.54, 1.807) is 0 Å². The molecular weight excluding hydrogens is 268 g/mol. The average Bonchev–Trinajstić information content (AvgIpc) is 2.98. The number of thioether (sulfide) groups is 1. The monoisotopic (exact) mass is 282 g/mol. The van der Waals surface area contributed by atoms with Crippen LogP contribution < -0.4 is 5.32 Å². The Labute approximate surface area is 114 Å². The van der Waals surface area contributed by atoms with Gasteiger partial charge in [0.15, 0.2) is 4.34 Å². The van der Waals surface area contributed by atoms with E-state index in [-0.39, 0.29) is 5.91 Å². The lowest BCUT2D eigenvalue weighted by molar-refractivity contribution is -0.118. The van der Waals surface area contributed by atoms with Gasteiger partial charge in [-0.25, -0.2) is 0 Å². The van der Waals surface area contributed by atoms with Crippen LogP contribution in [-0.4, -0.2) is 33.0 Å². The Morgan fingerprint density at radius 3 is 2.89 bits per heavy atom. The quantitative estimate of drug-likeness (QED) is 0.817. The molecule has 0 aliphatic rings. The minimum Gasteiger partial charge on any atom is -0.354 e. The Hall–Kier alpha value is -1.34. The molecule has 0 bridgehead atoms. The number of nitrogens with one attached hydrogen (secondary N) is 1. The third-order valence-corrected chi connectivity index (χ3v) is 4.16. The van der Waals surface area contributed by atoms with E-state index < -0.39 is 0 Å². The molecule has 0 aromatic carbocycles. The van der Waals surface area contributed by atoms with Crippen LogP contribution in [0.2, 0.25) is 0 Å². The molecule has 0 saturated heterocycles. The van der Waals surface area contributed by atoms with Crippen LogP contribution in [0.4, 0.5) is 0 Å². The van der Waals surface area contributed by atoms with Gasteiger partial charge in [0.2, 0.25) is 5.91 Å². The summed E-state index contributed by atoms with van der Waals surface area (Å²) in [5.74, 6) is 0.417. The molecule has 2 aromatic heterocycles. The van der Waals surface area contributed by atoms with Gasteiger partial charge in [-0.2, -0.15) is 0 Å². The van der Waals surface area contributed by atoms with Gasteiger partial charge in [-0.1, -0.05) is 23.1 Å². The van der Waals surface area contributed by atoms with E-state index in [4.69, 9.17) is 0 Å². The van der Waals surface area contributed by atoms with Crippen LogP contribution in [0.15, 0.2) is 28.9 Å². The van der Waals surface area contributed by atoms with E-state index in [2.05, 4.69) is 15.5 Å². The Balaban J connectivity index is 1.63. The Morgan fingerprint density at radius 2 is 2.22 bits per heavy atom. The molecule has 1 amide bonds. The number of carbonyl (C=O) groups excluding carboxylic acids is 1.